The summed E-state index contributed by atoms with van der Waals surface area (Å²) in [5.41, 5.74) is 3.71. The Balaban J connectivity index is 1.40. The van der Waals surface area contributed by atoms with Crippen LogP contribution in [0.15, 0.2) is 102 Å². The molecule has 0 aliphatic carbocycles. The molecule has 0 unspecified atom stereocenters. The van der Waals surface area contributed by atoms with E-state index in [1.165, 1.54) is 0 Å². The number of Topliss-reactive ketones (excluding diaryl/α,β-unsaturated/α-hetero) is 1. The molecule has 0 aliphatic heterocycles. The predicted molar refractivity (Wildman–Crippen MR) is 123 cm³/mol. The minimum absolute atomic E-state index is 0.0501. The van der Waals surface area contributed by atoms with E-state index in [1.807, 2.05) is 59.7 Å². The molecule has 0 saturated heterocycles. The molecule has 0 aliphatic rings. The highest BCUT2D eigenvalue weighted by atomic mass is 16.5. The third-order valence-electron chi connectivity index (χ3n) is 5.56. The van der Waals surface area contributed by atoms with Crippen LogP contribution in [0.25, 0.3) is 22.3 Å². The number of hydrogen-bond donors (Lipinski definition) is 0. The Labute approximate surface area is 186 Å². The summed E-state index contributed by atoms with van der Waals surface area (Å²) in [6, 6.07) is 25.4. The first kappa shape index (κ1) is 19.8. The molecule has 158 valence electrons. The van der Waals surface area contributed by atoms with Crippen LogP contribution in [0, 0.1) is 0 Å². The zero-order valence-electron chi connectivity index (χ0n) is 17.8. The van der Waals surface area contributed by atoms with E-state index in [4.69, 9.17) is 9.15 Å². The van der Waals surface area contributed by atoms with Gasteiger partial charge >= 0.3 is 0 Å². The van der Waals surface area contributed by atoms with E-state index in [0.29, 0.717) is 12.1 Å². The number of para-hydroxylation sites is 1. The molecule has 2 aromatic heterocycles. The Hall–Kier alpha value is -4.12. The van der Waals surface area contributed by atoms with E-state index in [9.17, 15) is 4.79 Å². The Kier molecular flexibility index (Phi) is 5.30. The summed E-state index contributed by atoms with van der Waals surface area (Å²) in [5, 5.41) is 1.10. The van der Waals surface area contributed by atoms with E-state index in [-0.39, 0.29) is 12.3 Å². The van der Waals surface area contributed by atoms with Crippen LogP contribution in [0.1, 0.15) is 15.9 Å². The molecule has 0 fully saturated rings. The molecule has 0 amide bonds. The number of aromatic nitrogens is 2. The van der Waals surface area contributed by atoms with Gasteiger partial charge in [-0.15, -0.1) is 0 Å². The van der Waals surface area contributed by atoms with Gasteiger partial charge < -0.3 is 9.15 Å². The third-order valence-corrected chi connectivity index (χ3v) is 5.56. The highest BCUT2D eigenvalue weighted by molar-refractivity contribution is 5.96. The van der Waals surface area contributed by atoms with E-state index in [0.717, 1.165) is 33.6 Å². The molecule has 0 saturated carbocycles. The average molecular weight is 423 g/mol. The number of nitrogens with zero attached hydrogens (tertiary/aromatic N) is 2. The van der Waals surface area contributed by atoms with Gasteiger partial charge in [-0.05, 0) is 30.3 Å². The molecule has 5 aromatic rings. The SMILES string of the molecule is COc1ccc(C(=O)Cn2cc[n+](Cc3c(-c4ccccc4)oc4ccccc34)c2)cc1. The fourth-order valence-corrected chi connectivity index (χ4v) is 3.92. The van der Waals surface area contributed by atoms with Crippen LogP contribution in [-0.2, 0) is 13.1 Å². The fraction of sp³-hybridized carbons (Fsp3) is 0.111. The van der Waals surface area contributed by atoms with Crippen LogP contribution in [0.3, 0.4) is 0 Å². The molecular weight excluding hydrogens is 400 g/mol. The maximum absolute atomic E-state index is 12.7. The number of carbonyl (C=O) groups excluding carboxylic acids is 1. The summed E-state index contributed by atoms with van der Waals surface area (Å²) in [4.78, 5) is 12.7. The van der Waals surface area contributed by atoms with Crippen molar-refractivity contribution in [1.82, 2.24) is 4.57 Å². The minimum atomic E-state index is 0.0501. The molecule has 5 rings (SSSR count). The zero-order valence-corrected chi connectivity index (χ0v) is 17.8. The van der Waals surface area contributed by atoms with Crippen molar-refractivity contribution >= 4 is 16.8 Å². The van der Waals surface area contributed by atoms with Gasteiger partial charge in [0.05, 0.1) is 7.11 Å². The van der Waals surface area contributed by atoms with Crippen molar-refractivity contribution in [1.29, 1.82) is 0 Å². The van der Waals surface area contributed by atoms with Crippen molar-refractivity contribution < 1.29 is 18.5 Å². The normalized spacial score (nSPS) is 11.0. The van der Waals surface area contributed by atoms with Gasteiger partial charge in [-0.2, -0.15) is 0 Å². The summed E-state index contributed by atoms with van der Waals surface area (Å²) >= 11 is 0. The first-order valence-corrected chi connectivity index (χ1v) is 10.5. The Morgan fingerprint density at radius 1 is 0.969 bits per heavy atom. The van der Waals surface area contributed by atoms with Gasteiger partial charge in [0, 0.05) is 22.1 Å². The molecule has 0 spiro atoms. The van der Waals surface area contributed by atoms with Crippen LogP contribution >= 0.6 is 0 Å². The summed E-state index contributed by atoms with van der Waals surface area (Å²) in [6.45, 7) is 0.919. The molecule has 0 N–H and O–H groups in total. The molecular formula is C27H23N2O3+. The molecule has 32 heavy (non-hydrogen) atoms. The topological polar surface area (TPSA) is 48.2 Å². The van der Waals surface area contributed by atoms with Crippen LogP contribution in [0.2, 0.25) is 0 Å². The predicted octanol–water partition coefficient (Wildman–Crippen LogP) is 5.13. The number of hydrogen-bond acceptors (Lipinski definition) is 3. The molecule has 5 heteroatoms. The van der Waals surface area contributed by atoms with Crippen molar-refractivity contribution in [3.05, 3.63) is 109 Å². The average Bonchev–Trinajstić information content (AvgIpc) is 3.44. The van der Waals surface area contributed by atoms with Gasteiger partial charge in [0.15, 0.2) is 6.54 Å². The monoisotopic (exact) mass is 423 g/mol. The fourth-order valence-electron chi connectivity index (χ4n) is 3.92. The first-order chi connectivity index (χ1) is 15.7. The van der Waals surface area contributed by atoms with Gasteiger partial charge in [-0.25, -0.2) is 9.13 Å². The first-order valence-electron chi connectivity index (χ1n) is 10.5. The Morgan fingerprint density at radius 2 is 1.72 bits per heavy atom. The van der Waals surface area contributed by atoms with Gasteiger partial charge in [0.2, 0.25) is 12.1 Å². The molecule has 2 heterocycles. The summed E-state index contributed by atoms with van der Waals surface area (Å²) in [7, 11) is 1.61. The minimum Gasteiger partial charge on any atom is -0.497 e. The number of carbonyl (C=O) groups is 1. The lowest BCUT2D eigenvalue weighted by Crippen LogP contribution is -2.32. The smallest absolute Gasteiger partial charge is 0.244 e. The van der Waals surface area contributed by atoms with Gasteiger partial charge in [-0.3, -0.25) is 4.79 Å². The maximum atomic E-state index is 12.7. The number of imidazole rings is 1. The van der Waals surface area contributed by atoms with E-state index >= 15 is 0 Å². The zero-order chi connectivity index (χ0) is 21.9. The molecule has 3 aromatic carbocycles. The van der Waals surface area contributed by atoms with Gasteiger partial charge in [-0.1, -0.05) is 48.5 Å². The lowest BCUT2D eigenvalue weighted by atomic mass is 10.1. The number of ether oxygens (including phenoxy) is 1. The Bertz CT molecular complexity index is 1370. The van der Waals surface area contributed by atoms with Crippen LogP contribution in [-0.4, -0.2) is 17.5 Å². The lowest BCUT2D eigenvalue weighted by molar-refractivity contribution is -0.687. The lowest BCUT2D eigenvalue weighted by Gasteiger charge is -2.02. The Morgan fingerprint density at radius 3 is 2.50 bits per heavy atom. The number of fused-ring (bicyclic) bond motifs is 1. The van der Waals surface area contributed by atoms with Crippen molar-refractivity contribution in [2.45, 2.75) is 13.1 Å². The van der Waals surface area contributed by atoms with Crippen LogP contribution in [0.5, 0.6) is 5.75 Å². The second-order valence-electron chi connectivity index (χ2n) is 7.68. The standard InChI is InChI=1S/C27H23N2O3/c1-31-22-13-11-20(12-14-22)25(30)18-29-16-15-28(19-29)17-24-23-9-5-6-10-26(23)32-27(24)21-7-3-2-4-8-21/h2-16,19H,17-18H2,1H3/q+1. The van der Waals surface area contributed by atoms with Crippen molar-refractivity contribution in [3.8, 4) is 17.1 Å². The maximum Gasteiger partial charge on any atom is 0.244 e. The highest BCUT2D eigenvalue weighted by Gasteiger charge is 2.19. The van der Waals surface area contributed by atoms with Crippen molar-refractivity contribution in [2.75, 3.05) is 7.11 Å². The molecule has 0 radical (unpaired) electrons. The molecule has 5 nitrogen and oxygen atoms in total. The van der Waals surface area contributed by atoms with E-state index in [1.54, 1.807) is 31.4 Å². The quantitative estimate of drug-likeness (QED) is 0.269. The second kappa shape index (κ2) is 8.55. The number of methoxy groups -OCH3 is 1. The second-order valence-corrected chi connectivity index (χ2v) is 7.68. The van der Waals surface area contributed by atoms with Crippen molar-refractivity contribution in [2.24, 2.45) is 0 Å². The summed E-state index contributed by atoms with van der Waals surface area (Å²) in [6.07, 6.45) is 5.86. The summed E-state index contributed by atoms with van der Waals surface area (Å²) < 4.78 is 15.4. The number of ketones is 1. The molecule has 0 bridgehead atoms. The highest BCUT2D eigenvalue weighted by Crippen LogP contribution is 2.33. The summed E-state index contributed by atoms with van der Waals surface area (Å²) in [5.74, 6) is 1.66. The van der Waals surface area contributed by atoms with Crippen LogP contribution < -0.4 is 9.30 Å². The number of furan rings is 1. The number of benzene rings is 3. The van der Waals surface area contributed by atoms with Gasteiger partial charge in [0.1, 0.15) is 36.0 Å². The number of rotatable bonds is 7. The van der Waals surface area contributed by atoms with E-state index in [2.05, 4.69) is 22.8 Å². The third kappa shape index (κ3) is 3.93. The van der Waals surface area contributed by atoms with Crippen LogP contribution in [0.4, 0.5) is 0 Å². The van der Waals surface area contributed by atoms with E-state index < -0.39 is 0 Å². The van der Waals surface area contributed by atoms with Gasteiger partial charge in [0.25, 0.3) is 0 Å². The molecule has 0 atom stereocenters. The largest absolute Gasteiger partial charge is 0.497 e. The van der Waals surface area contributed by atoms with Crippen molar-refractivity contribution in [3.63, 3.8) is 0 Å².